The lowest BCUT2D eigenvalue weighted by molar-refractivity contribution is -0.173. The maximum Gasteiger partial charge on any atom is 0.339 e. The van der Waals surface area contributed by atoms with Crippen molar-refractivity contribution in [1.29, 1.82) is 0 Å². The molecule has 2 heterocycles. The molecular weight excluding hydrogens is 396 g/mol. The van der Waals surface area contributed by atoms with Gasteiger partial charge in [0.25, 0.3) is 0 Å². The van der Waals surface area contributed by atoms with Crippen LogP contribution in [0, 0.1) is 0 Å². The van der Waals surface area contributed by atoms with Gasteiger partial charge in [0.05, 0.1) is 6.61 Å². The average Bonchev–Trinajstić information content (AvgIpc) is 3.16. The first-order valence-corrected chi connectivity index (χ1v) is 9.21. The molecule has 0 unspecified atom stereocenters. The number of phenols is 4. The van der Waals surface area contributed by atoms with Gasteiger partial charge in [-0.25, -0.2) is 4.79 Å². The summed E-state index contributed by atoms with van der Waals surface area (Å²) in [7, 11) is 0. The van der Waals surface area contributed by atoms with E-state index in [-0.39, 0.29) is 34.7 Å². The van der Waals surface area contributed by atoms with E-state index in [1.807, 2.05) is 20.8 Å². The van der Waals surface area contributed by atoms with Gasteiger partial charge in [0, 0.05) is 30.2 Å². The number of carboxylic acid groups (broad SMARTS) is 1. The van der Waals surface area contributed by atoms with Crippen molar-refractivity contribution in [3.8, 4) is 28.7 Å². The number of rotatable bonds is 2. The van der Waals surface area contributed by atoms with Gasteiger partial charge in [0.1, 0.15) is 46.0 Å². The van der Waals surface area contributed by atoms with Gasteiger partial charge in [-0.05, 0) is 32.9 Å². The molecule has 162 valence electrons. The normalized spacial score (nSPS) is 23.8. The first-order valence-electron chi connectivity index (χ1n) is 9.21. The number of hydrogen-bond acceptors (Lipinski definition) is 8. The van der Waals surface area contributed by atoms with Gasteiger partial charge >= 0.3 is 5.97 Å². The van der Waals surface area contributed by atoms with Crippen LogP contribution in [0.2, 0.25) is 0 Å². The predicted molar refractivity (Wildman–Crippen MR) is 104 cm³/mol. The second-order valence-electron chi connectivity index (χ2n) is 7.87. The van der Waals surface area contributed by atoms with Gasteiger partial charge in [-0.2, -0.15) is 0 Å². The molecule has 2 aliphatic heterocycles. The highest BCUT2D eigenvalue weighted by atomic mass is 16.8. The molecule has 5 N–H and O–H groups in total. The third kappa shape index (κ3) is 4.37. The summed E-state index contributed by atoms with van der Waals surface area (Å²) in [4.78, 5) is 11.1. The van der Waals surface area contributed by atoms with Gasteiger partial charge < -0.3 is 39.7 Å². The van der Waals surface area contributed by atoms with Gasteiger partial charge in [0.15, 0.2) is 5.79 Å². The van der Waals surface area contributed by atoms with Crippen LogP contribution < -0.4 is 4.74 Å². The van der Waals surface area contributed by atoms with Crippen LogP contribution in [0.3, 0.4) is 0 Å². The van der Waals surface area contributed by atoms with Crippen molar-refractivity contribution in [2.45, 2.75) is 44.7 Å². The smallest absolute Gasteiger partial charge is 0.339 e. The summed E-state index contributed by atoms with van der Waals surface area (Å²) >= 11 is 0. The van der Waals surface area contributed by atoms with E-state index in [1.54, 1.807) is 6.07 Å². The Hall–Kier alpha value is -3.17. The van der Waals surface area contributed by atoms with E-state index in [0.29, 0.717) is 24.3 Å². The summed E-state index contributed by atoms with van der Waals surface area (Å²) in [5.41, 5.74) is -0.250. The lowest BCUT2D eigenvalue weighted by Crippen LogP contribution is -2.45. The number of carboxylic acids is 1. The van der Waals surface area contributed by atoms with Crippen molar-refractivity contribution < 1.29 is 44.5 Å². The van der Waals surface area contributed by atoms with Crippen LogP contribution in [0.25, 0.3) is 0 Å². The number of benzene rings is 2. The third-order valence-electron chi connectivity index (χ3n) is 4.88. The van der Waals surface area contributed by atoms with Gasteiger partial charge in [-0.15, -0.1) is 0 Å². The Labute approximate surface area is 172 Å². The van der Waals surface area contributed by atoms with Gasteiger partial charge in [0.2, 0.25) is 0 Å². The first-order chi connectivity index (χ1) is 13.9. The molecule has 0 amide bonds. The standard InChI is InChI=1S/C15H18O6.C6H6O3/c1-14(2)19-7-15(3,21-14)11-6-9-10(20-11)5-4-8(12(9)16)13(17)18;7-4-1-5(8)3-6(9)2-4/h4-5,11,16H,6-7H2,1-3H3,(H,17,18);1-3,7-9H/t11-,15-;/m1./s1. The zero-order valence-corrected chi connectivity index (χ0v) is 16.7. The molecule has 2 atom stereocenters. The van der Waals surface area contributed by atoms with E-state index < -0.39 is 17.4 Å². The van der Waals surface area contributed by atoms with Crippen molar-refractivity contribution in [2.75, 3.05) is 6.61 Å². The lowest BCUT2D eigenvalue weighted by Gasteiger charge is -2.30. The number of hydrogen-bond donors (Lipinski definition) is 5. The summed E-state index contributed by atoms with van der Waals surface area (Å²) < 4.78 is 17.4. The molecule has 0 radical (unpaired) electrons. The van der Waals surface area contributed by atoms with Crippen LogP contribution in [0.4, 0.5) is 0 Å². The Bertz CT molecular complexity index is 919. The fourth-order valence-corrected chi connectivity index (χ4v) is 3.49. The molecule has 9 heteroatoms. The van der Waals surface area contributed by atoms with E-state index in [2.05, 4.69) is 0 Å². The lowest BCUT2D eigenvalue weighted by atomic mass is 9.95. The van der Waals surface area contributed by atoms with E-state index in [1.165, 1.54) is 6.07 Å². The monoisotopic (exact) mass is 420 g/mol. The highest BCUT2D eigenvalue weighted by molar-refractivity contribution is 5.91. The Kier molecular flexibility index (Phi) is 5.44. The average molecular weight is 420 g/mol. The van der Waals surface area contributed by atoms with Crippen LogP contribution >= 0.6 is 0 Å². The quantitative estimate of drug-likeness (QED) is 0.495. The fraction of sp³-hybridized carbons (Fsp3) is 0.381. The largest absolute Gasteiger partial charge is 0.508 e. The van der Waals surface area contributed by atoms with E-state index in [0.717, 1.165) is 18.2 Å². The van der Waals surface area contributed by atoms with Gasteiger partial charge in [-0.3, -0.25) is 0 Å². The molecule has 2 aromatic rings. The van der Waals surface area contributed by atoms with Crippen molar-refractivity contribution in [3.05, 3.63) is 41.5 Å². The molecule has 30 heavy (non-hydrogen) atoms. The number of fused-ring (bicyclic) bond motifs is 1. The summed E-state index contributed by atoms with van der Waals surface area (Å²) in [6, 6.07) is 6.33. The minimum Gasteiger partial charge on any atom is -0.508 e. The zero-order chi connectivity index (χ0) is 22.3. The Morgan fingerprint density at radius 3 is 2.03 bits per heavy atom. The van der Waals surface area contributed by atoms with Crippen molar-refractivity contribution >= 4 is 5.97 Å². The molecule has 0 spiro atoms. The van der Waals surface area contributed by atoms with Crippen LogP contribution in [0.1, 0.15) is 36.7 Å². The minimum atomic E-state index is -1.16. The SMILES string of the molecule is CC1(C)OC[C@](C)([C@H]2Cc3c(ccc(C(=O)O)c3O)O2)O1.Oc1cc(O)cc(O)c1. The molecule has 1 fully saturated rings. The maximum absolute atomic E-state index is 11.1. The number of ether oxygens (including phenoxy) is 3. The second kappa shape index (κ2) is 7.58. The highest BCUT2D eigenvalue weighted by Crippen LogP contribution is 2.44. The zero-order valence-electron chi connectivity index (χ0n) is 16.7. The second-order valence-corrected chi connectivity index (χ2v) is 7.87. The summed E-state index contributed by atoms with van der Waals surface area (Å²) in [6.45, 7) is 5.94. The van der Waals surface area contributed by atoms with Crippen molar-refractivity contribution in [2.24, 2.45) is 0 Å². The number of aromatic hydroxyl groups is 4. The molecule has 0 bridgehead atoms. The van der Waals surface area contributed by atoms with E-state index in [9.17, 15) is 9.90 Å². The first kappa shape index (κ1) is 21.5. The molecule has 0 aliphatic carbocycles. The molecule has 0 aromatic heterocycles. The molecule has 2 aliphatic rings. The Morgan fingerprint density at radius 1 is 1.00 bits per heavy atom. The van der Waals surface area contributed by atoms with E-state index in [4.69, 9.17) is 34.6 Å². The van der Waals surface area contributed by atoms with Crippen LogP contribution in [-0.4, -0.2) is 55.6 Å². The summed E-state index contributed by atoms with van der Waals surface area (Å²) in [5, 5.41) is 45.2. The minimum absolute atomic E-state index is 0.118. The third-order valence-corrected chi connectivity index (χ3v) is 4.88. The molecule has 9 nitrogen and oxygen atoms in total. The summed E-state index contributed by atoms with van der Waals surface area (Å²) in [6.07, 6.45) is 0.0577. The molecule has 2 aromatic carbocycles. The van der Waals surface area contributed by atoms with Crippen molar-refractivity contribution in [3.63, 3.8) is 0 Å². The van der Waals surface area contributed by atoms with Crippen LogP contribution in [0.15, 0.2) is 30.3 Å². The molecule has 4 rings (SSSR count). The molecular formula is C21H24O9. The topological polar surface area (TPSA) is 146 Å². The molecule has 1 saturated heterocycles. The van der Waals surface area contributed by atoms with Crippen LogP contribution in [-0.2, 0) is 15.9 Å². The van der Waals surface area contributed by atoms with Crippen molar-refractivity contribution in [1.82, 2.24) is 0 Å². The number of phenolic OH excluding ortho intramolecular Hbond substituents is 3. The van der Waals surface area contributed by atoms with E-state index >= 15 is 0 Å². The Balaban J connectivity index is 0.000000239. The fourth-order valence-electron chi connectivity index (χ4n) is 3.49. The maximum atomic E-state index is 11.1. The van der Waals surface area contributed by atoms with Crippen LogP contribution in [0.5, 0.6) is 28.7 Å². The van der Waals surface area contributed by atoms with Gasteiger partial charge in [-0.1, -0.05) is 0 Å². The Morgan fingerprint density at radius 2 is 1.57 bits per heavy atom. The number of carbonyl (C=O) groups is 1. The molecule has 0 saturated carbocycles. The summed E-state index contributed by atoms with van der Waals surface area (Å²) in [5.74, 6) is -2.01. The number of aromatic carboxylic acids is 1. The highest BCUT2D eigenvalue weighted by Gasteiger charge is 2.51. The predicted octanol–water partition coefficient (Wildman–Crippen LogP) is 2.74.